The van der Waals surface area contributed by atoms with Crippen molar-refractivity contribution in [3.8, 4) is 0 Å². The highest BCUT2D eigenvalue weighted by atomic mass is 16.4. The standard InChI is InChI=1S/C11H15N3O2/c12-5-1-4-10(11(15)16)14-8-9-3-2-6-13-7-9/h2-3,6-8,10H,1,4-5,12H2,(H,15,16)/t10-/m0/s1. The molecule has 0 saturated heterocycles. The van der Waals surface area contributed by atoms with E-state index in [2.05, 4.69) is 9.98 Å². The Labute approximate surface area is 94.0 Å². The van der Waals surface area contributed by atoms with Gasteiger partial charge < -0.3 is 10.8 Å². The van der Waals surface area contributed by atoms with Crippen molar-refractivity contribution in [3.63, 3.8) is 0 Å². The predicted molar refractivity (Wildman–Crippen MR) is 61.5 cm³/mol. The number of carbonyl (C=O) groups is 1. The maximum Gasteiger partial charge on any atom is 0.328 e. The van der Waals surface area contributed by atoms with E-state index in [0.717, 1.165) is 5.56 Å². The number of hydrogen-bond acceptors (Lipinski definition) is 4. The summed E-state index contributed by atoms with van der Waals surface area (Å²) in [5, 5.41) is 8.91. The minimum absolute atomic E-state index is 0.461. The monoisotopic (exact) mass is 221 g/mol. The topological polar surface area (TPSA) is 88.6 Å². The Morgan fingerprint density at radius 1 is 1.69 bits per heavy atom. The number of aliphatic carboxylic acids is 1. The summed E-state index contributed by atoms with van der Waals surface area (Å²) in [5.74, 6) is -0.923. The van der Waals surface area contributed by atoms with Gasteiger partial charge in [0.2, 0.25) is 0 Å². The first-order chi connectivity index (χ1) is 7.74. The average Bonchev–Trinajstić information content (AvgIpc) is 2.30. The fraction of sp³-hybridized carbons (Fsp3) is 0.364. The van der Waals surface area contributed by atoms with Crippen LogP contribution in [0.25, 0.3) is 0 Å². The highest BCUT2D eigenvalue weighted by Gasteiger charge is 2.13. The van der Waals surface area contributed by atoms with Crippen LogP contribution in [0.15, 0.2) is 29.5 Å². The molecule has 1 atom stereocenters. The van der Waals surface area contributed by atoms with Crippen molar-refractivity contribution in [2.24, 2.45) is 10.7 Å². The van der Waals surface area contributed by atoms with Gasteiger partial charge in [-0.05, 0) is 25.5 Å². The van der Waals surface area contributed by atoms with Crippen molar-refractivity contribution < 1.29 is 9.90 Å². The Kier molecular flexibility index (Phi) is 5.15. The largest absolute Gasteiger partial charge is 0.480 e. The van der Waals surface area contributed by atoms with Crippen LogP contribution in [0.2, 0.25) is 0 Å². The number of carboxylic acids is 1. The summed E-state index contributed by atoms with van der Waals surface area (Å²) >= 11 is 0. The fourth-order valence-corrected chi connectivity index (χ4v) is 1.20. The van der Waals surface area contributed by atoms with Crippen molar-refractivity contribution in [3.05, 3.63) is 30.1 Å². The molecule has 0 bridgehead atoms. The molecule has 0 aliphatic carbocycles. The van der Waals surface area contributed by atoms with E-state index in [1.165, 1.54) is 6.21 Å². The lowest BCUT2D eigenvalue weighted by Crippen LogP contribution is -2.19. The van der Waals surface area contributed by atoms with E-state index >= 15 is 0 Å². The van der Waals surface area contributed by atoms with Crippen molar-refractivity contribution in [1.82, 2.24) is 4.98 Å². The number of carboxylic acid groups (broad SMARTS) is 1. The van der Waals surface area contributed by atoms with Crippen LogP contribution in [0.5, 0.6) is 0 Å². The molecule has 1 aromatic rings. The summed E-state index contributed by atoms with van der Waals surface area (Å²) < 4.78 is 0. The van der Waals surface area contributed by atoms with Gasteiger partial charge in [-0.25, -0.2) is 4.79 Å². The van der Waals surface area contributed by atoms with E-state index in [4.69, 9.17) is 10.8 Å². The van der Waals surface area contributed by atoms with Gasteiger partial charge >= 0.3 is 5.97 Å². The van der Waals surface area contributed by atoms with Gasteiger partial charge in [-0.3, -0.25) is 9.98 Å². The van der Waals surface area contributed by atoms with E-state index in [-0.39, 0.29) is 0 Å². The number of nitrogens with two attached hydrogens (primary N) is 1. The van der Waals surface area contributed by atoms with Crippen molar-refractivity contribution in [2.45, 2.75) is 18.9 Å². The lowest BCUT2D eigenvalue weighted by molar-refractivity contribution is -0.138. The predicted octanol–water partition coefficient (Wildman–Crippen LogP) is 0.693. The van der Waals surface area contributed by atoms with Gasteiger partial charge in [0, 0.05) is 24.2 Å². The first kappa shape index (κ1) is 12.3. The molecule has 0 radical (unpaired) electrons. The molecule has 0 aliphatic rings. The van der Waals surface area contributed by atoms with Crippen LogP contribution in [0.1, 0.15) is 18.4 Å². The molecule has 0 spiro atoms. The number of hydrogen-bond donors (Lipinski definition) is 2. The van der Waals surface area contributed by atoms with Gasteiger partial charge in [-0.1, -0.05) is 6.07 Å². The second-order valence-corrected chi connectivity index (χ2v) is 3.35. The van der Waals surface area contributed by atoms with Gasteiger partial charge in [0.15, 0.2) is 0 Å². The van der Waals surface area contributed by atoms with Crippen LogP contribution in [0.3, 0.4) is 0 Å². The van der Waals surface area contributed by atoms with E-state index in [1.807, 2.05) is 6.07 Å². The van der Waals surface area contributed by atoms with Crippen LogP contribution in [-0.4, -0.2) is 34.9 Å². The Bertz CT molecular complexity index is 352. The molecule has 5 heteroatoms. The molecule has 1 aromatic heterocycles. The lowest BCUT2D eigenvalue weighted by atomic mass is 10.1. The van der Waals surface area contributed by atoms with Crippen molar-refractivity contribution in [1.29, 1.82) is 0 Å². The van der Waals surface area contributed by atoms with Crippen LogP contribution < -0.4 is 5.73 Å². The molecule has 0 amide bonds. The third kappa shape index (κ3) is 4.18. The van der Waals surface area contributed by atoms with Gasteiger partial charge in [0.25, 0.3) is 0 Å². The average molecular weight is 221 g/mol. The molecule has 16 heavy (non-hydrogen) atoms. The van der Waals surface area contributed by atoms with E-state index in [9.17, 15) is 4.79 Å². The minimum Gasteiger partial charge on any atom is -0.480 e. The zero-order chi connectivity index (χ0) is 11.8. The fourth-order valence-electron chi connectivity index (χ4n) is 1.20. The highest BCUT2D eigenvalue weighted by molar-refractivity contribution is 5.82. The molecule has 1 heterocycles. The zero-order valence-electron chi connectivity index (χ0n) is 8.91. The molecule has 0 aromatic carbocycles. The third-order valence-electron chi connectivity index (χ3n) is 2.05. The maximum atomic E-state index is 10.9. The van der Waals surface area contributed by atoms with Crippen LogP contribution in [0.4, 0.5) is 0 Å². The van der Waals surface area contributed by atoms with Crippen LogP contribution in [-0.2, 0) is 4.79 Å². The molecular weight excluding hydrogens is 206 g/mol. The maximum absolute atomic E-state index is 10.9. The SMILES string of the molecule is NCCC[C@H](N=Cc1cccnc1)C(=O)O. The second kappa shape index (κ2) is 6.68. The summed E-state index contributed by atoms with van der Waals surface area (Å²) in [5.41, 5.74) is 6.12. The Hall–Kier alpha value is -1.75. The summed E-state index contributed by atoms with van der Waals surface area (Å²) in [6.07, 6.45) is 5.93. The number of aliphatic imine (C=N–C) groups is 1. The number of nitrogens with zero attached hydrogens (tertiary/aromatic N) is 2. The molecular formula is C11H15N3O2. The van der Waals surface area contributed by atoms with Gasteiger partial charge in [-0.15, -0.1) is 0 Å². The summed E-state index contributed by atoms with van der Waals surface area (Å²) in [7, 11) is 0. The molecule has 0 aliphatic heterocycles. The first-order valence-electron chi connectivity index (χ1n) is 5.10. The van der Waals surface area contributed by atoms with Gasteiger partial charge in [0.05, 0.1) is 0 Å². The number of aromatic nitrogens is 1. The second-order valence-electron chi connectivity index (χ2n) is 3.35. The Morgan fingerprint density at radius 3 is 3.06 bits per heavy atom. The molecule has 0 fully saturated rings. The molecule has 0 saturated carbocycles. The molecule has 5 nitrogen and oxygen atoms in total. The van der Waals surface area contributed by atoms with E-state index in [1.54, 1.807) is 18.5 Å². The third-order valence-corrected chi connectivity index (χ3v) is 2.05. The number of rotatable bonds is 6. The van der Waals surface area contributed by atoms with Crippen LogP contribution in [0, 0.1) is 0 Å². The van der Waals surface area contributed by atoms with Crippen LogP contribution >= 0.6 is 0 Å². The molecule has 0 unspecified atom stereocenters. The summed E-state index contributed by atoms with van der Waals surface area (Å²) in [6.45, 7) is 0.478. The zero-order valence-corrected chi connectivity index (χ0v) is 8.91. The quantitative estimate of drug-likeness (QED) is 0.692. The van der Waals surface area contributed by atoms with Crippen molar-refractivity contribution >= 4 is 12.2 Å². The lowest BCUT2D eigenvalue weighted by Gasteiger charge is -2.05. The van der Waals surface area contributed by atoms with Gasteiger partial charge in [-0.2, -0.15) is 0 Å². The summed E-state index contributed by atoms with van der Waals surface area (Å²) in [6, 6.07) is 2.87. The number of pyridine rings is 1. The minimum atomic E-state index is -0.923. The van der Waals surface area contributed by atoms with E-state index < -0.39 is 12.0 Å². The molecule has 3 N–H and O–H groups in total. The molecule has 86 valence electrons. The van der Waals surface area contributed by atoms with Crippen molar-refractivity contribution in [2.75, 3.05) is 6.54 Å². The molecule has 1 rings (SSSR count). The Morgan fingerprint density at radius 2 is 2.50 bits per heavy atom. The first-order valence-corrected chi connectivity index (χ1v) is 5.10. The Balaban J connectivity index is 2.61. The highest BCUT2D eigenvalue weighted by Crippen LogP contribution is 2.02. The normalized spacial score (nSPS) is 12.8. The van der Waals surface area contributed by atoms with E-state index in [0.29, 0.717) is 19.4 Å². The van der Waals surface area contributed by atoms with Gasteiger partial charge in [0.1, 0.15) is 6.04 Å². The smallest absolute Gasteiger partial charge is 0.328 e. The summed E-state index contributed by atoms with van der Waals surface area (Å²) in [4.78, 5) is 18.8.